The quantitative estimate of drug-likeness (QED) is 0.659. The van der Waals surface area contributed by atoms with Crippen LogP contribution < -0.4 is 0 Å². The highest BCUT2D eigenvalue weighted by molar-refractivity contribution is 6.14. The van der Waals surface area contributed by atoms with Gasteiger partial charge >= 0.3 is 5.97 Å². The first-order valence-electron chi connectivity index (χ1n) is 6.90. The monoisotopic (exact) mass is 294 g/mol. The van der Waals surface area contributed by atoms with Crippen molar-refractivity contribution in [3.63, 3.8) is 0 Å². The summed E-state index contributed by atoms with van der Waals surface area (Å²) in [5.74, 6) is -3.17. The first-order chi connectivity index (χ1) is 10.6. The number of carboxylic acid groups (broad SMARTS) is 1. The Bertz CT molecular complexity index is 762. The van der Waals surface area contributed by atoms with Crippen LogP contribution in [0.5, 0.6) is 0 Å². The Morgan fingerprint density at radius 1 is 1.00 bits per heavy atom. The Labute approximate surface area is 127 Å². The molecule has 0 saturated carbocycles. The van der Waals surface area contributed by atoms with Gasteiger partial charge in [-0.25, -0.2) is 0 Å². The Balaban J connectivity index is 2.29. The van der Waals surface area contributed by atoms with Crippen LogP contribution in [0.25, 0.3) is 0 Å². The highest BCUT2D eigenvalue weighted by Crippen LogP contribution is 2.43. The van der Waals surface area contributed by atoms with Crippen molar-refractivity contribution in [2.75, 3.05) is 0 Å². The van der Waals surface area contributed by atoms with E-state index in [-0.39, 0.29) is 5.57 Å². The number of Topliss-reactive ketones (excluding diaryl/α,β-unsaturated/α-hetero) is 1. The summed E-state index contributed by atoms with van der Waals surface area (Å²) in [6, 6.07) is 16.1. The van der Waals surface area contributed by atoms with Crippen LogP contribution in [0.2, 0.25) is 0 Å². The predicted octanol–water partition coefficient (Wildman–Crippen LogP) is 3.16. The average Bonchev–Trinajstić information content (AvgIpc) is 2.55. The molecule has 2 aromatic carbocycles. The van der Waals surface area contributed by atoms with Crippen LogP contribution in [0.1, 0.15) is 27.4 Å². The summed E-state index contributed by atoms with van der Waals surface area (Å²) in [7, 11) is 0. The lowest BCUT2D eigenvalue weighted by Gasteiger charge is -2.32. The highest BCUT2D eigenvalue weighted by Gasteiger charge is 2.43. The normalized spacial score (nSPS) is 22.4. The Morgan fingerprint density at radius 3 is 2.27 bits per heavy atom. The van der Waals surface area contributed by atoms with Crippen LogP contribution in [0.4, 0.5) is 0 Å². The van der Waals surface area contributed by atoms with Gasteiger partial charge < -0.3 is 10.2 Å². The Morgan fingerprint density at radius 2 is 1.64 bits per heavy atom. The van der Waals surface area contributed by atoms with E-state index in [0.717, 1.165) is 5.56 Å². The van der Waals surface area contributed by atoms with E-state index in [1.165, 1.54) is 0 Å². The zero-order valence-corrected chi connectivity index (χ0v) is 11.6. The van der Waals surface area contributed by atoms with E-state index in [9.17, 15) is 19.8 Å². The maximum atomic E-state index is 12.4. The fraction of sp³-hybridized carbons (Fsp3) is 0.111. The summed E-state index contributed by atoms with van der Waals surface area (Å²) >= 11 is 0. The van der Waals surface area contributed by atoms with Crippen molar-refractivity contribution in [2.24, 2.45) is 5.92 Å². The summed E-state index contributed by atoms with van der Waals surface area (Å²) in [5.41, 5.74) is 1.83. The number of ketones is 1. The molecular formula is C18H14O4. The molecule has 1 aliphatic carbocycles. The molecule has 2 aromatic rings. The van der Waals surface area contributed by atoms with E-state index in [1.54, 1.807) is 24.3 Å². The van der Waals surface area contributed by atoms with Crippen molar-refractivity contribution in [1.29, 1.82) is 0 Å². The minimum absolute atomic E-state index is 0.0833. The lowest BCUT2D eigenvalue weighted by molar-refractivity contribution is -0.140. The van der Waals surface area contributed by atoms with Gasteiger partial charge in [0.25, 0.3) is 0 Å². The minimum Gasteiger partial charge on any atom is -0.515 e. The zero-order valence-electron chi connectivity index (χ0n) is 11.6. The highest BCUT2D eigenvalue weighted by atomic mass is 16.4. The number of benzene rings is 2. The molecule has 0 heterocycles. The maximum Gasteiger partial charge on any atom is 0.312 e. The molecule has 0 aliphatic heterocycles. The molecule has 0 bridgehead atoms. The molecule has 3 rings (SSSR count). The van der Waals surface area contributed by atoms with Crippen molar-refractivity contribution < 1.29 is 19.8 Å². The second kappa shape index (κ2) is 5.48. The predicted molar refractivity (Wildman–Crippen MR) is 80.9 cm³/mol. The topological polar surface area (TPSA) is 74.6 Å². The number of aliphatic carboxylic acids is 1. The molecule has 0 aromatic heterocycles. The standard InChI is InChI=1S/C18H14O4/c19-10-14-16(18(21)22)15(11-6-2-1-3-7-11)12-8-4-5-9-13(12)17(14)20/h1-10,15-16,19H,(H,21,22). The second-order valence-corrected chi connectivity index (χ2v) is 5.21. The lowest BCUT2D eigenvalue weighted by Crippen LogP contribution is -2.34. The fourth-order valence-electron chi connectivity index (χ4n) is 3.08. The summed E-state index contributed by atoms with van der Waals surface area (Å²) in [6.45, 7) is 0. The van der Waals surface area contributed by atoms with Gasteiger partial charge in [0.1, 0.15) is 0 Å². The third-order valence-corrected chi connectivity index (χ3v) is 4.03. The molecule has 0 amide bonds. The number of carbonyl (C=O) groups is 2. The molecule has 110 valence electrons. The van der Waals surface area contributed by atoms with E-state index >= 15 is 0 Å². The molecule has 0 spiro atoms. The summed E-state index contributed by atoms with van der Waals surface area (Å²) in [4.78, 5) is 24.2. The number of fused-ring (bicyclic) bond motifs is 1. The molecule has 2 atom stereocenters. The molecule has 2 unspecified atom stereocenters. The maximum absolute atomic E-state index is 12.4. The van der Waals surface area contributed by atoms with Crippen molar-refractivity contribution in [1.82, 2.24) is 0 Å². The molecule has 22 heavy (non-hydrogen) atoms. The Hall–Kier alpha value is -2.88. The van der Waals surface area contributed by atoms with Crippen LogP contribution >= 0.6 is 0 Å². The molecular weight excluding hydrogens is 280 g/mol. The third-order valence-electron chi connectivity index (χ3n) is 4.03. The SMILES string of the molecule is O=C1C(=CO)C(C(=O)O)C(c2ccccc2)c2ccccc21. The van der Waals surface area contributed by atoms with Gasteiger partial charge in [0.05, 0.1) is 12.2 Å². The first-order valence-corrected chi connectivity index (χ1v) is 6.90. The van der Waals surface area contributed by atoms with Gasteiger partial charge in [-0.15, -0.1) is 0 Å². The van der Waals surface area contributed by atoms with E-state index in [2.05, 4.69) is 0 Å². The fourth-order valence-corrected chi connectivity index (χ4v) is 3.08. The van der Waals surface area contributed by atoms with Crippen molar-refractivity contribution in [3.8, 4) is 0 Å². The summed E-state index contributed by atoms with van der Waals surface area (Å²) < 4.78 is 0. The van der Waals surface area contributed by atoms with Gasteiger partial charge in [0.2, 0.25) is 0 Å². The molecule has 0 fully saturated rings. The van der Waals surface area contributed by atoms with Gasteiger partial charge in [-0.3, -0.25) is 9.59 Å². The smallest absolute Gasteiger partial charge is 0.312 e. The second-order valence-electron chi connectivity index (χ2n) is 5.21. The molecule has 1 aliphatic rings. The van der Waals surface area contributed by atoms with Gasteiger partial charge in [0.15, 0.2) is 5.78 Å². The number of rotatable bonds is 2. The van der Waals surface area contributed by atoms with Gasteiger partial charge in [0, 0.05) is 17.1 Å². The number of aliphatic hydroxyl groups excluding tert-OH is 1. The van der Waals surface area contributed by atoms with Crippen LogP contribution in [0, 0.1) is 5.92 Å². The van der Waals surface area contributed by atoms with Crippen molar-refractivity contribution in [3.05, 3.63) is 83.1 Å². The van der Waals surface area contributed by atoms with Gasteiger partial charge in [-0.2, -0.15) is 0 Å². The number of carboxylic acids is 1. The van der Waals surface area contributed by atoms with Crippen LogP contribution in [0.3, 0.4) is 0 Å². The lowest BCUT2D eigenvalue weighted by atomic mass is 9.69. The number of carbonyl (C=O) groups excluding carboxylic acids is 1. The van der Waals surface area contributed by atoms with E-state index in [0.29, 0.717) is 17.4 Å². The molecule has 4 heteroatoms. The largest absolute Gasteiger partial charge is 0.515 e. The van der Waals surface area contributed by atoms with Gasteiger partial charge in [-0.1, -0.05) is 54.6 Å². The van der Waals surface area contributed by atoms with Crippen LogP contribution in [-0.4, -0.2) is 22.0 Å². The molecule has 0 radical (unpaired) electrons. The van der Waals surface area contributed by atoms with Gasteiger partial charge in [-0.05, 0) is 11.1 Å². The average molecular weight is 294 g/mol. The molecule has 2 N–H and O–H groups in total. The van der Waals surface area contributed by atoms with E-state index in [1.807, 2.05) is 30.3 Å². The Kier molecular flexibility index (Phi) is 3.51. The third kappa shape index (κ3) is 2.09. The van der Waals surface area contributed by atoms with E-state index < -0.39 is 23.6 Å². The first kappa shape index (κ1) is 14.1. The summed E-state index contributed by atoms with van der Waals surface area (Å²) in [6.07, 6.45) is 0.632. The molecule has 0 saturated heterocycles. The number of aliphatic hydroxyl groups is 1. The van der Waals surface area contributed by atoms with Crippen LogP contribution in [0.15, 0.2) is 66.4 Å². The van der Waals surface area contributed by atoms with E-state index in [4.69, 9.17) is 0 Å². The number of hydrogen-bond acceptors (Lipinski definition) is 3. The summed E-state index contributed by atoms with van der Waals surface area (Å²) in [5, 5.41) is 19.0. The van der Waals surface area contributed by atoms with Crippen LogP contribution in [-0.2, 0) is 4.79 Å². The van der Waals surface area contributed by atoms with Crippen molar-refractivity contribution >= 4 is 11.8 Å². The molecule has 4 nitrogen and oxygen atoms in total. The number of hydrogen-bond donors (Lipinski definition) is 2. The minimum atomic E-state index is -1.13. The zero-order chi connectivity index (χ0) is 15.7. The van der Waals surface area contributed by atoms with Crippen molar-refractivity contribution in [2.45, 2.75) is 5.92 Å².